The van der Waals surface area contributed by atoms with E-state index in [1.807, 2.05) is 6.92 Å². The lowest BCUT2D eigenvalue weighted by molar-refractivity contribution is -0.128. The summed E-state index contributed by atoms with van der Waals surface area (Å²) in [7, 11) is 0. The molecule has 0 amide bonds. The zero-order chi connectivity index (χ0) is 11.7. The Morgan fingerprint density at radius 1 is 1.07 bits per heavy atom. The molecule has 15 heavy (non-hydrogen) atoms. The average Bonchev–Trinajstić information content (AvgIpc) is 2.16. The van der Waals surface area contributed by atoms with E-state index in [1.165, 1.54) is 26.2 Å². The number of unbranched alkanes of at least 4 members (excludes halogenated alkanes) is 3. The molecule has 0 aliphatic rings. The summed E-state index contributed by atoms with van der Waals surface area (Å²) in [6.07, 6.45) is 6.76. The smallest absolute Gasteiger partial charge is 0.143 e. The van der Waals surface area contributed by atoms with Crippen molar-refractivity contribution in [3.8, 4) is 0 Å². The van der Waals surface area contributed by atoms with Gasteiger partial charge in [-0.15, -0.1) is 0 Å². The van der Waals surface area contributed by atoms with Crippen molar-refractivity contribution in [3.63, 3.8) is 0 Å². The zero-order valence-electron chi connectivity index (χ0n) is 10.3. The van der Waals surface area contributed by atoms with Crippen molar-refractivity contribution >= 4 is 11.6 Å². The van der Waals surface area contributed by atoms with E-state index in [1.54, 1.807) is 0 Å². The highest BCUT2D eigenvalue weighted by atomic mass is 16.1. The monoisotopic (exact) mass is 212 g/mol. The van der Waals surface area contributed by atoms with E-state index in [0.717, 1.165) is 19.3 Å². The quantitative estimate of drug-likeness (QED) is 0.433. The number of hydrogen-bond donors (Lipinski definition) is 0. The Hall–Kier alpha value is -0.660. The molecule has 0 saturated carbocycles. The van der Waals surface area contributed by atoms with Gasteiger partial charge in [-0.1, -0.05) is 39.5 Å². The minimum absolute atomic E-state index is 0.00740. The molecule has 0 heterocycles. The summed E-state index contributed by atoms with van der Waals surface area (Å²) in [6.45, 7) is 5.70. The Bertz CT molecular complexity index is 197. The van der Waals surface area contributed by atoms with E-state index in [-0.39, 0.29) is 23.9 Å². The highest BCUT2D eigenvalue weighted by Crippen LogP contribution is 2.16. The van der Waals surface area contributed by atoms with E-state index in [9.17, 15) is 9.59 Å². The van der Waals surface area contributed by atoms with Crippen LogP contribution in [-0.2, 0) is 9.59 Å². The lowest BCUT2D eigenvalue weighted by Gasteiger charge is -2.12. The first-order valence-electron chi connectivity index (χ1n) is 6.13. The third-order valence-corrected chi connectivity index (χ3v) is 2.78. The van der Waals surface area contributed by atoms with E-state index in [0.29, 0.717) is 0 Å². The third kappa shape index (κ3) is 7.29. The molecule has 0 radical (unpaired) electrons. The second-order valence-electron chi connectivity index (χ2n) is 4.30. The van der Waals surface area contributed by atoms with E-state index in [2.05, 4.69) is 6.92 Å². The first-order chi connectivity index (χ1) is 7.11. The highest BCUT2D eigenvalue weighted by Gasteiger charge is 2.16. The number of Topliss-reactive ketones (excluding diaryl/α,β-unsaturated/α-hetero) is 2. The second-order valence-corrected chi connectivity index (χ2v) is 4.30. The summed E-state index contributed by atoms with van der Waals surface area (Å²) >= 11 is 0. The van der Waals surface area contributed by atoms with Crippen LogP contribution >= 0.6 is 0 Å². The second kappa shape index (κ2) is 8.63. The fourth-order valence-corrected chi connectivity index (χ4v) is 1.80. The molecule has 1 atom stereocenters. The van der Waals surface area contributed by atoms with Gasteiger partial charge in [-0.3, -0.25) is 9.59 Å². The first kappa shape index (κ1) is 14.3. The number of hydrogen-bond acceptors (Lipinski definition) is 2. The summed E-state index contributed by atoms with van der Waals surface area (Å²) < 4.78 is 0. The molecule has 0 fully saturated rings. The maximum Gasteiger partial charge on any atom is 0.143 e. The SMILES string of the molecule is CCCCCCC(CC)C(=O)CC(C)=O. The van der Waals surface area contributed by atoms with Gasteiger partial charge in [0.2, 0.25) is 0 Å². The van der Waals surface area contributed by atoms with Gasteiger partial charge in [-0.25, -0.2) is 0 Å². The molecule has 0 aliphatic carbocycles. The Labute approximate surface area is 93.4 Å². The normalized spacial score (nSPS) is 12.5. The Balaban J connectivity index is 3.80. The summed E-state index contributed by atoms with van der Waals surface area (Å²) in [5, 5.41) is 0. The molecule has 0 aromatic heterocycles. The van der Waals surface area contributed by atoms with Gasteiger partial charge in [-0.05, 0) is 19.8 Å². The van der Waals surface area contributed by atoms with E-state index < -0.39 is 0 Å². The minimum Gasteiger partial charge on any atom is -0.300 e. The standard InChI is InChI=1S/C13H24O2/c1-4-6-7-8-9-12(5-2)13(15)10-11(3)14/h12H,4-10H2,1-3H3. The lowest BCUT2D eigenvalue weighted by Crippen LogP contribution is -2.16. The minimum atomic E-state index is -0.00740. The maximum absolute atomic E-state index is 11.6. The predicted octanol–water partition coefficient (Wildman–Crippen LogP) is 3.53. The topological polar surface area (TPSA) is 34.1 Å². The number of rotatable bonds is 9. The van der Waals surface area contributed by atoms with Crippen LogP contribution in [-0.4, -0.2) is 11.6 Å². The molecule has 0 N–H and O–H groups in total. The molecule has 0 aromatic carbocycles. The fourth-order valence-electron chi connectivity index (χ4n) is 1.80. The molecule has 88 valence electrons. The zero-order valence-corrected chi connectivity index (χ0v) is 10.3. The van der Waals surface area contributed by atoms with Crippen LogP contribution < -0.4 is 0 Å². The molecular formula is C13H24O2. The van der Waals surface area contributed by atoms with Crippen LogP contribution in [0.3, 0.4) is 0 Å². The Kier molecular flexibility index (Phi) is 8.25. The molecule has 1 unspecified atom stereocenters. The van der Waals surface area contributed by atoms with Crippen molar-refractivity contribution in [1.82, 2.24) is 0 Å². The van der Waals surface area contributed by atoms with Crippen molar-refractivity contribution in [2.24, 2.45) is 5.92 Å². The molecule has 2 nitrogen and oxygen atoms in total. The average molecular weight is 212 g/mol. The van der Waals surface area contributed by atoms with E-state index in [4.69, 9.17) is 0 Å². The number of carbonyl (C=O) groups excluding carboxylic acids is 2. The van der Waals surface area contributed by atoms with Crippen LogP contribution in [0.4, 0.5) is 0 Å². The number of ketones is 2. The van der Waals surface area contributed by atoms with Gasteiger partial charge in [0.1, 0.15) is 11.6 Å². The van der Waals surface area contributed by atoms with Crippen molar-refractivity contribution < 1.29 is 9.59 Å². The van der Waals surface area contributed by atoms with Gasteiger partial charge in [0, 0.05) is 5.92 Å². The molecule has 0 aliphatic heterocycles. The Morgan fingerprint density at radius 2 is 1.73 bits per heavy atom. The summed E-state index contributed by atoms with van der Waals surface area (Å²) in [4.78, 5) is 22.5. The molecule has 0 saturated heterocycles. The molecule has 0 spiro atoms. The summed E-state index contributed by atoms with van der Waals surface area (Å²) in [5.74, 6) is 0.249. The third-order valence-electron chi connectivity index (χ3n) is 2.78. The van der Waals surface area contributed by atoms with Crippen LogP contribution in [0.15, 0.2) is 0 Å². The molecule has 0 aromatic rings. The fraction of sp³-hybridized carbons (Fsp3) is 0.846. The molecule has 2 heteroatoms. The highest BCUT2D eigenvalue weighted by molar-refractivity contribution is 5.98. The van der Waals surface area contributed by atoms with Crippen LogP contribution in [0, 0.1) is 5.92 Å². The van der Waals surface area contributed by atoms with Crippen molar-refractivity contribution in [2.75, 3.05) is 0 Å². The van der Waals surface area contributed by atoms with Gasteiger partial charge >= 0.3 is 0 Å². The van der Waals surface area contributed by atoms with Crippen molar-refractivity contribution in [2.45, 2.75) is 65.7 Å². The van der Waals surface area contributed by atoms with Crippen LogP contribution in [0.25, 0.3) is 0 Å². The molecular weight excluding hydrogens is 188 g/mol. The van der Waals surface area contributed by atoms with Gasteiger partial charge in [0.25, 0.3) is 0 Å². The van der Waals surface area contributed by atoms with Gasteiger partial charge in [0.15, 0.2) is 0 Å². The van der Waals surface area contributed by atoms with E-state index >= 15 is 0 Å². The van der Waals surface area contributed by atoms with Crippen LogP contribution in [0.5, 0.6) is 0 Å². The van der Waals surface area contributed by atoms with Crippen LogP contribution in [0.2, 0.25) is 0 Å². The predicted molar refractivity (Wildman–Crippen MR) is 62.8 cm³/mol. The van der Waals surface area contributed by atoms with Gasteiger partial charge in [-0.2, -0.15) is 0 Å². The maximum atomic E-state index is 11.6. The summed E-state index contributed by atoms with van der Waals surface area (Å²) in [6, 6.07) is 0. The lowest BCUT2D eigenvalue weighted by atomic mass is 9.91. The Morgan fingerprint density at radius 3 is 2.20 bits per heavy atom. The van der Waals surface area contributed by atoms with Gasteiger partial charge in [0.05, 0.1) is 6.42 Å². The van der Waals surface area contributed by atoms with Crippen molar-refractivity contribution in [3.05, 3.63) is 0 Å². The number of carbonyl (C=O) groups is 2. The van der Waals surface area contributed by atoms with Crippen molar-refractivity contribution in [1.29, 1.82) is 0 Å². The first-order valence-corrected chi connectivity index (χ1v) is 6.13. The summed E-state index contributed by atoms with van der Waals surface area (Å²) in [5.41, 5.74) is 0. The van der Waals surface area contributed by atoms with Gasteiger partial charge < -0.3 is 0 Å². The van der Waals surface area contributed by atoms with Crippen LogP contribution in [0.1, 0.15) is 65.7 Å². The molecule has 0 bridgehead atoms. The largest absolute Gasteiger partial charge is 0.300 e. The molecule has 0 rings (SSSR count).